The van der Waals surface area contributed by atoms with Gasteiger partial charge >= 0.3 is 0 Å². The van der Waals surface area contributed by atoms with Crippen molar-refractivity contribution in [2.24, 2.45) is 5.92 Å². The Morgan fingerprint density at radius 3 is 2.84 bits per heavy atom. The van der Waals surface area contributed by atoms with Crippen LogP contribution < -0.4 is 10.6 Å². The molecule has 5 nitrogen and oxygen atoms in total. The van der Waals surface area contributed by atoms with Crippen molar-refractivity contribution in [3.05, 3.63) is 22.9 Å². The third-order valence-corrected chi connectivity index (χ3v) is 5.28. The Morgan fingerprint density at radius 1 is 1.28 bits per heavy atom. The quantitative estimate of drug-likeness (QED) is 0.799. The molecule has 1 aliphatic heterocycles. The molecule has 1 heterocycles. The molecule has 1 fully saturated rings. The zero-order valence-electron chi connectivity index (χ0n) is 14.1. The highest BCUT2D eigenvalue weighted by Crippen LogP contribution is 2.33. The number of carbonyl (C=O) groups excluding carboxylic acids is 2. The molecule has 3 aliphatic rings. The highest BCUT2D eigenvalue weighted by molar-refractivity contribution is 6.29. The van der Waals surface area contributed by atoms with Crippen LogP contribution in [0.25, 0.3) is 0 Å². The van der Waals surface area contributed by atoms with Gasteiger partial charge in [-0.25, -0.2) is 4.39 Å². The van der Waals surface area contributed by atoms with Crippen LogP contribution in [-0.4, -0.2) is 36.7 Å². The fourth-order valence-electron chi connectivity index (χ4n) is 3.52. The maximum atomic E-state index is 13.3. The first-order valence-corrected chi connectivity index (χ1v) is 9.30. The number of alkyl halides is 1. The van der Waals surface area contributed by atoms with Crippen molar-refractivity contribution in [1.82, 2.24) is 10.6 Å². The Morgan fingerprint density at radius 2 is 2.12 bits per heavy atom. The van der Waals surface area contributed by atoms with Gasteiger partial charge in [0.2, 0.25) is 11.8 Å². The monoisotopic (exact) mass is 370 g/mol. The summed E-state index contributed by atoms with van der Waals surface area (Å²) in [6.45, 7) is 0.581. The molecule has 2 N–H and O–H groups in total. The molecule has 2 amide bonds. The number of carbonyl (C=O) groups is 2. The summed E-state index contributed by atoms with van der Waals surface area (Å²) in [7, 11) is 0. The van der Waals surface area contributed by atoms with Crippen molar-refractivity contribution >= 4 is 23.4 Å². The maximum Gasteiger partial charge on any atom is 0.227 e. The van der Waals surface area contributed by atoms with Crippen molar-refractivity contribution in [2.45, 2.75) is 63.3 Å². The Bertz CT molecular complexity index is 593. The summed E-state index contributed by atoms with van der Waals surface area (Å²) in [6.07, 6.45) is 5.86. The summed E-state index contributed by atoms with van der Waals surface area (Å²) in [4.78, 5) is 24.2. The highest BCUT2D eigenvalue weighted by atomic mass is 35.5. The van der Waals surface area contributed by atoms with E-state index < -0.39 is 6.17 Å². The molecular formula is C18H24ClFN2O3. The van der Waals surface area contributed by atoms with Gasteiger partial charge in [-0.1, -0.05) is 17.7 Å². The topological polar surface area (TPSA) is 67.4 Å². The second kappa shape index (κ2) is 8.21. The first-order chi connectivity index (χ1) is 12.0. The van der Waals surface area contributed by atoms with E-state index in [1.807, 2.05) is 6.08 Å². The zero-order chi connectivity index (χ0) is 17.8. The molecule has 0 radical (unpaired) electrons. The third-order valence-electron chi connectivity index (χ3n) is 4.98. The van der Waals surface area contributed by atoms with E-state index >= 15 is 0 Å². The van der Waals surface area contributed by atoms with Crippen molar-refractivity contribution < 1.29 is 18.7 Å². The molecule has 138 valence electrons. The van der Waals surface area contributed by atoms with E-state index in [0.29, 0.717) is 50.1 Å². The summed E-state index contributed by atoms with van der Waals surface area (Å²) < 4.78 is 19.3. The van der Waals surface area contributed by atoms with Crippen LogP contribution in [0.1, 0.15) is 44.9 Å². The molecule has 4 unspecified atom stereocenters. The third kappa shape index (κ3) is 4.97. The molecule has 0 bridgehead atoms. The molecule has 0 saturated carbocycles. The smallest absolute Gasteiger partial charge is 0.227 e. The average molecular weight is 371 g/mol. The van der Waals surface area contributed by atoms with Gasteiger partial charge in [-0.15, -0.1) is 0 Å². The summed E-state index contributed by atoms with van der Waals surface area (Å²) in [5, 5.41) is 6.42. The van der Waals surface area contributed by atoms with Crippen LogP contribution in [0.5, 0.6) is 0 Å². The summed E-state index contributed by atoms with van der Waals surface area (Å²) in [5.74, 6) is 0.255. The molecule has 4 atom stereocenters. The van der Waals surface area contributed by atoms with Crippen LogP contribution >= 0.6 is 11.6 Å². The van der Waals surface area contributed by atoms with Crippen molar-refractivity contribution in [1.29, 1.82) is 0 Å². The Balaban J connectivity index is 1.62. The highest BCUT2D eigenvalue weighted by Gasteiger charge is 2.35. The SMILES string of the molecule is O=C1CC(NC(=O)C2CC=C(Cl)CC2OC2=CCC(F)CC2)CCN1. The van der Waals surface area contributed by atoms with E-state index in [1.165, 1.54) is 0 Å². The lowest BCUT2D eigenvalue weighted by Gasteiger charge is -2.33. The standard InChI is InChI=1S/C18H24ClFN2O3/c19-11-1-6-15(18(24)22-13-7-8-21-17(23)10-13)16(9-11)25-14-4-2-12(20)3-5-14/h1,4,12-13,15-16H,2-3,5-10H2,(H,21,23)(H,22,24). The molecule has 0 aromatic heterocycles. The number of piperidine rings is 1. The van der Waals surface area contributed by atoms with Gasteiger partial charge in [0.25, 0.3) is 0 Å². The number of rotatable bonds is 4. The van der Waals surface area contributed by atoms with Crippen molar-refractivity contribution in [3.63, 3.8) is 0 Å². The molecule has 3 rings (SSSR count). The minimum Gasteiger partial charge on any atom is -0.494 e. The second-order valence-electron chi connectivity index (χ2n) is 6.94. The Labute approximate surface area is 152 Å². The lowest BCUT2D eigenvalue weighted by Crippen LogP contribution is -2.49. The molecule has 25 heavy (non-hydrogen) atoms. The predicted octanol–water partition coefficient (Wildman–Crippen LogP) is 2.71. The first-order valence-electron chi connectivity index (χ1n) is 8.92. The van der Waals surface area contributed by atoms with Gasteiger partial charge in [0.05, 0.1) is 11.7 Å². The number of allylic oxidation sites excluding steroid dienone is 3. The van der Waals surface area contributed by atoms with Crippen molar-refractivity contribution in [3.8, 4) is 0 Å². The molecule has 0 aromatic rings. The van der Waals surface area contributed by atoms with E-state index in [2.05, 4.69) is 10.6 Å². The van der Waals surface area contributed by atoms with Gasteiger partial charge < -0.3 is 15.4 Å². The molecule has 2 aliphatic carbocycles. The van der Waals surface area contributed by atoms with Gasteiger partial charge in [-0.3, -0.25) is 9.59 Å². The van der Waals surface area contributed by atoms with E-state index in [0.717, 1.165) is 12.2 Å². The normalized spacial score (nSPS) is 33.0. The van der Waals surface area contributed by atoms with Crippen LogP contribution in [0.2, 0.25) is 0 Å². The number of halogens is 2. The minimum atomic E-state index is -0.807. The van der Waals surface area contributed by atoms with Crippen LogP contribution in [0, 0.1) is 5.92 Å². The summed E-state index contributed by atoms with van der Waals surface area (Å²) in [5.41, 5.74) is 0. The fraction of sp³-hybridized carbons (Fsp3) is 0.667. The first kappa shape index (κ1) is 18.2. The van der Waals surface area contributed by atoms with E-state index in [4.69, 9.17) is 16.3 Å². The van der Waals surface area contributed by atoms with Gasteiger partial charge in [-0.05, 0) is 25.3 Å². The minimum absolute atomic E-state index is 0.0379. The molecular weight excluding hydrogens is 347 g/mol. The molecule has 0 aromatic carbocycles. The lowest BCUT2D eigenvalue weighted by atomic mass is 9.89. The van der Waals surface area contributed by atoms with Crippen LogP contribution in [0.3, 0.4) is 0 Å². The average Bonchev–Trinajstić information content (AvgIpc) is 2.57. The van der Waals surface area contributed by atoms with E-state index in [9.17, 15) is 14.0 Å². The van der Waals surface area contributed by atoms with E-state index in [1.54, 1.807) is 6.08 Å². The molecule has 1 saturated heterocycles. The summed E-state index contributed by atoms with van der Waals surface area (Å²) >= 11 is 6.15. The largest absolute Gasteiger partial charge is 0.494 e. The van der Waals surface area contributed by atoms with E-state index in [-0.39, 0.29) is 29.9 Å². The maximum absolute atomic E-state index is 13.3. The predicted molar refractivity (Wildman–Crippen MR) is 92.5 cm³/mol. The van der Waals surface area contributed by atoms with Crippen LogP contribution in [-0.2, 0) is 14.3 Å². The number of hydrogen-bond acceptors (Lipinski definition) is 3. The lowest BCUT2D eigenvalue weighted by molar-refractivity contribution is -0.131. The van der Waals surface area contributed by atoms with Crippen LogP contribution in [0.15, 0.2) is 22.9 Å². The number of nitrogens with one attached hydrogen (secondary N) is 2. The van der Waals surface area contributed by atoms with Crippen LogP contribution in [0.4, 0.5) is 4.39 Å². The Kier molecular flexibility index (Phi) is 5.99. The molecule has 0 spiro atoms. The van der Waals surface area contributed by atoms with Crippen molar-refractivity contribution in [2.75, 3.05) is 6.54 Å². The zero-order valence-corrected chi connectivity index (χ0v) is 14.9. The van der Waals surface area contributed by atoms with Gasteiger partial charge in [-0.2, -0.15) is 0 Å². The number of hydrogen-bond donors (Lipinski definition) is 2. The summed E-state index contributed by atoms with van der Waals surface area (Å²) in [6, 6.07) is -0.135. The number of amides is 2. The second-order valence-corrected chi connectivity index (χ2v) is 7.43. The molecule has 7 heteroatoms. The number of ether oxygens (including phenoxy) is 1. The van der Waals surface area contributed by atoms with Gasteiger partial charge in [0.15, 0.2) is 0 Å². The van der Waals surface area contributed by atoms with Gasteiger partial charge in [0, 0.05) is 43.3 Å². The van der Waals surface area contributed by atoms with Gasteiger partial charge in [0.1, 0.15) is 12.3 Å². The fourth-order valence-corrected chi connectivity index (χ4v) is 3.76. The Hall–Kier alpha value is -1.56.